The van der Waals surface area contributed by atoms with Crippen LogP contribution >= 0.6 is 11.8 Å². The highest BCUT2D eigenvalue weighted by Gasteiger charge is 2.23. The second-order valence-corrected chi connectivity index (χ2v) is 7.58. The Labute approximate surface area is 167 Å². The van der Waals surface area contributed by atoms with E-state index in [1.165, 1.54) is 23.9 Å². The van der Waals surface area contributed by atoms with Gasteiger partial charge in [0.1, 0.15) is 11.9 Å². The molecule has 0 spiro atoms. The van der Waals surface area contributed by atoms with Crippen LogP contribution in [0.5, 0.6) is 0 Å². The predicted molar refractivity (Wildman–Crippen MR) is 104 cm³/mol. The quantitative estimate of drug-likeness (QED) is 0.367. The number of benzene rings is 1. The number of ether oxygens (including phenoxy) is 1. The number of hydrogen-bond acceptors (Lipinski definition) is 7. The molecule has 152 valence electrons. The minimum absolute atomic E-state index is 0.0253. The summed E-state index contributed by atoms with van der Waals surface area (Å²) in [6.45, 7) is 3.91. The first kappa shape index (κ1) is 21.7. The van der Waals surface area contributed by atoms with Gasteiger partial charge in [0.15, 0.2) is 5.82 Å². The fourth-order valence-electron chi connectivity index (χ4n) is 2.50. The van der Waals surface area contributed by atoms with Gasteiger partial charge in [0.25, 0.3) is 0 Å². The van der Waals surface area contributed by atoms with Crippen molar-refractivity contribution in [3.8, 4) is 0 Å². The number of nitrogens with zero attached hydrogens (tertiary/aromatic N) is 3. The first-order chi connectivity index (χ1) is 13.3. The van der Waals surface area contributed by atoms with E-state index in [9.17, 15) is 14.0 Å². The molecule has 1 heterocycles. The lowest BCUT2D eigenvalue weighted by atomic mass is 10.0. The molecular formula is C18H24FN5O3S. The number of esters is 1. The van der Waals surface area contributed by atoms with Crippen LogP contribution in [0.2, 0.25) is 0 Å². The van der Waals surface area contributed by atoms with E-state index in [4.69, 9.17) is 10.6 Å². The highest BCUT2D eigenvalue weighted by Crippen LogP contribution is 2.17. The van der Waals surface area contributed by atoms with Crippen molar-refractivity contribution < 1.29 is 18.7 Å². The predicted octanol–water partition coefficient (Wildman–Crippen LogP) is 1.52. The summed E-state index contributed by atoms with van der Waals surface area (Å²) in [5.74, 6) is 5.61. The summed E-state index contributed by atoms with van der Waals surface area (Å²) in [4.78, 5) is 24.0. The zero-order chi connectivity index (χ0) is 20.7. The van der Waals surface area contributed by atoms with Crippen LogP contribution in [0.15, 0.2) is 29.4 Å². The number of hydrogen-bond donors (Lipinski definition) is 2. The summed E-state index contributed by atoms with van der Waals surface area (Å²) in [6.07, 6.45) is 0.868. The van der Waals surface area contributed by atoms with Gasteiger partial charge in [-0.15, -0.1) is 10.2 Å². The molecule has 2 aromatic rings. The number of methoxy groups -OCH3 is 1. The molecule has 0 aliphatic carbocycles. The summed E-state index contributed by atoms with van der Waals surface area (Å²) < 4.78 is 19.0. The number of halogens is 1. The van der Waals surface area contributed by atoms with Crippen LogP contribution < -0.4 is 11.2 Å². The van der Waals surface area contributed by atoms with Gasteiger partial charge in [-0.1, -0.05) is 37.7 Å². The van der Waals surface area contributed by atoms with Gasteiger partial charge in [-0.05, 0) is 30.0 Å². The van der Waals surface area contributed by atoms with Gasteiger partial charge in [-0.3, -0.25) is 4.79 Å². The average Bonchev–Trinajstić information content (AvgIpc) is 3.00. The maximum atomic E-state index is 13.0. The molecule has 8 nitrogen and oxygen atoms in total. The maximum Gasteiger partial charge on any atom is 0.328 e. The summed E-state index contributed by atoms with van der Waals surface area (Å²) >= 11 is 1.11. The van der Waals surface area contributed by atoms with Crippen molar-refractivity contribution >= 4 is 23.6 Å². The Morgan fingerprint density at radius 3 is 2.57 bits per heavy atom. The molecular weight excluding hydrogens is 385 g/mol. The Kier molecular flexibility index (Phi) is 7.80. The topological polar surface area (TPSA) is 112 Å². The molecule has 0 aliphatic heterocycles. The zero-order valence-electron chi connectivity index (χ0n) is 16.0. The Bertz CT molecular complexity index is 810. The number of aromatic nitrogens is 3. The molecule has 0 unspecified atom stereocenters. The first-order valence-corrected chi connectivity index (χ1v) is 9.72. The minimum Gasteiger partial charge on any atom is -0.467 e. The fraction of sp³-hybridized carbons (Fsp3) is 0.444. The largest absolute Gasteiger partial charge is 0.467 e. The lowest BCUT2D eigenvalue weighted by Gasteiger charge is -2.18. The normalized spacial score (nSPS) is 12.0. The summed E-state index contributed by atoms with van der Waals surface area (Å²) in [5.41, 5.74) is 0.837. The molecule has 1 aromatic heterocycles. The highest BCUT2D eigenvalue weighted by molar-refractivity contribution is 7.99. The van der Waals surface area contributed by atoms with Crippen LogP contribution in [0.3, 0.4) is 0 Å². The van der Waals surface area contributed by atoms with Crippen molar-refractivity contribution in [2.45, 2.75) is 37.9 Å². The van der Waals surface area contributed by atoms with Crippen molar-refractivity contribution in [1.82, 2.24) is 20.2 Å². The Balaban J connectivity index is 1.93. The SMILES string of the molecule is COC(=O)[C@H](CC(C)C)NC(=O)CSc1nnc(Cc2ccc(F)cc2)n1N. The second-order valence-electron chi connectivity index (χ2n) is 6.63. The number of amides is 1. The number of nitrogen functional groups attached to an aromatic ring is 1. The van der Waals surface area contributed by atoms with Gasteiger partial charge in [-0.25, -0.2) is 13.9 Å². The fourth-order valence-corrected chi connectivity index (χ4v) is 3.19. The van der Waals surface area contributed by atoms with Gasteiger partial charge in [0, 0.05) is 6.42 Å². The molecule has 0 saturated carbocycles. The lowest BCUT2D eigenvalue weighted by Crippen LogP contribution is -2.43. The van der Waals surface area contributed by atoms with Gasteiger partial charge in [0.05, 0.1) is 12.9 Å². The van der Waals surface area contributed by atoms with E-state index in [0.717, 1.165) is 17.3 Å². The molecule has 0 fully saturated rings. The van der Waals surface area contributed by atoms with Gasteiger partial charge in [-0.2, -0.15) is 0 Å². The molecule has 0 aliphatic rings. The molecule has 1 atom stereocenters. The van der Waals surface area contributed by atoms with E-state index in [1.807, 2.05) is 13.8 Å². The highest BCUT2D eigenvalue weighted by atomic mass is 32.2. The van der Waals surface area contributed by atoms with Crippen molar-refractivity contribution in [1.29, 1.82) is 0 Å². The third-order valence-corrected chi connectivity index (χ3v) is 4.81. The zero-order valence-corrected chi connectivity index (χ0v) is 16.8. The Hall–Kier alpha value is -2.62. The van der Waals surface area contributed by atoms with E-state index in [2.05, 4.69) is 15.5 Å². The Morgan fingerprint density at radius 2 is 1.96 bits per heavy atom. The lowest BCUT2D eigenvalue weighted by molar-refractivity contribution is -0.145. The van der Waals surface area contributed by atoms with Gasteiger partial charge >= 0.3 is 5.97 Å². The molecule has 1 aromatic carbocycles. The van der Waals surface area contributed by atoms with Crippen LogP contribution in [-0.4, -0.2) is 45.7 Å². The Morgan fingerprint density at radius 1 is 1.29 bits per heavy atom. The van der Waals surface area contributed by atoms with E-state index in [0.29, 0.717) is 23.8 Å². The third kappa shape index (κ3) is 6.22. The van der Waals surface area contributed by atoms with Crippen molar-refractivity contribution in [3.05, 3.63) is 41.5 Å². The number of carbonyl (C=O) groups is 2. The van der Waals surface area contributed by atoms with Crippen molar-refractivity contribution in [2.24, 2.45) is 5.92 Å². The summed E-state index contributed by atoms with van der Waals surface area (Å²) in [6, 6.07) is 5.32. The molecule has 10 heteroatoms. The summed E-state index contributed by atoms with van der Waals surface area (Å²) in [7, 11) is 1.29. The molecule has 3 N–H and O–H groups in total. The van der Waals surface area contributed by atoms with E-state index in [-0.39, 0.29) is 23.4 Å². The van der Waals surface area contributed by atoms with Crippen LogP contribution in [0, 0.1) is 11.7 Å². The van der Waals surface area contributed by atoms with Gasteiger partial charge < -0.3 is 15.9 Å². The molecule has 0 saturated heterocycles. The molecule has 0 radical (unpaired) electrons. The summed E-state index contributed by atoms with van der Waals surface area (Å²) in [5, 5.41) is 11.0. The molecule has 1 amide bonds. The molecule has 2 rings (SSSR count). The van der Waals surface area contributed by atoms with E-state index >= 15 is 0 Å². The van der Waals surface area contributed by atoms with E-state index < -0.39 is 12.0 Å². The number of thioether (sulfide) groups is 1. The van der Waals surface area contributed by atoms with Crippen molar-refractivity contribution in [2.75, 3.05) is 18.7 Å². The number of carbonyl (C=O) groups excluding carboxylic acids is 2. The second kappa shape index (κ2) is 10.1. The smallest absolute Gasteiger partial charge is 0.328 e. The van der Waals surface area contributed by atoms with Crippen LogP contribution in [0.25, 0.3) is 0 Å². The number of nitrogens with two attached hydrogens (primary N) is 1. The van der Waals surface area contributed by atoms with Crippen LogP contribution in [-0.2, 0) is 20.7 Å². The monoisotopic (exact) mass is 409 g/mol. The van der Waals surface area contributed by atoms with E-state index in [1.54, 1.807) is 12.1 Å². The maximum absolute atomic E-state index is 13.0. The van der Waals surface area contributed by atoms with Crippen LogP contribution in [0.1, 0.15) is 31.7 Å². The van der Waals surface area contributed by atoms with Crippen LogP contribution in [0.4, 0.5) is 4.39 Å². The number of rotatable bonds is 9. The van der Waals surface area contributed by atoms with Gasteiger partial charge in [0.2, 0.25) is 11.1 Å². The van der Waals surface area contributed by atoms with Crippen molar-refractivity contribution in [3.63, 3.8) is 0 Å². The average molecular weight is 409 g/mol. The first-order valence-electron chi connectivity index (χ1n) is 8.74. The number of nitrogens with one attached hydrogen (secondary N) is 1. The minimum atomic E-state index is -0.692. The third-order valence-electron chi connectivity index (χ3n) is 3.87. The molecule has 28 heavy (non-hydrogen) atoms. The molecule has 0 bridgehead atoms. The standard InChI is InChI=1S/C18H24FN5O3S/c1-11(2)8-14(17(26)27-3)21-16(25)10-28-18-23-22-15(24(18)20)9-12-4-6-13(19)7-5-12/h4-7,11,14H,8-10,20H2,1-3H3,(H,21,25)/t14-/m0/s1.